The first-order valence-electron chi connectivity index (χ1n) is 10.3. The second-order valence-electron chi connectivity index (χ2n) is 7.58. The number of rotatable bonds is 10. The van der Waals surface area contributed by atoms with Crippen molar-refractivity contribution < 1.29 is 19.4 Å². The Bertz CT molecular complexity index is 610. The Morgan fingerprint density at radius 1 is 1.04 bits per heavy atom. The lowest BCUT2D eigenvalue weighted by Gasteiger charge is -2.27. The summed E-state index contributed by atoms with van der Waals surface area (Å²) in [7, 11) is 0. The number of hydrogen-bond acceptors (Lipinski definition) is 3. The molecule has 0 radical (unpaired) electrons. The van der Waals surface area contributed by atoms with E-state index in [-0.39, 0.29) is 11.9 Å². The van der Waals surface area contributed by atoms with E-state index in [2.05, 4.69) is 6.92 Å². The minimum atomic E-state index is -0.984. The van der Waals surface area contributed by atoms with Gasteiger partial charge in [-0.15, -0.1) is 0 Å². The minimum Gasteiger partial charge on any atom is -0.478 e. The lowest BCUT2D eigenvalue weighted by molar-refractivity contribution is -0.140. The number of carboxylic acid groups (broad SMARTS) is 1. The molecule has 0 unspecified atom stereocenters. The van der Waals surface area contributed by atoms with Crippen molar-refractivity contribution in [2.75, 3.05) is 0 Å². The molecule has 1 aliphatic rings. The molecule has 0 heterocycles. The molecule has 0 bridgehead atoms. The Morgan fingerprint density at radius 2 is 1.70 bits per heavy atom. The maximum Gasteiger partial charge on any atom is 0.328 e. The van der Waals surface area contributed by atoms with Crippen LogP contribution in [-0.4, -0.2) is 17.0 Å². The molecule has 1 N–H and O–H groups in total. The number of unbranched alkanes of at least 4 members (excludes halogenated alkanes) is 4. The molecule has 0 spiro atoms. The molecule has 1 aliphatic carbocycles. The van der Waals surface area contributed by atoms with Crippen molar-refractivity contribution in [1.29, 1.82) is 0 Å². The number of carboxylic acids is 1. The molecule has 0 aromatic heterocycles. The summed E-state index contributed by atoms with van der Waals surface area (Å²) >= 11 is 0. The molecule has 1 aromatic carbocycles. The fourth-order valence-electron chi connectivity index (χ4n) is 3.74. The summed E-state index contributed by atoms with van der Waals surface area (Å²) in [5.41, 5.74) is 0.761. The van der Waals surface area contributed by atoms with Gasteiger partial charge in [0.25, 0.3) is 0 Å². The third kappa shape index (κ3) is 7.98. The predicted molar refractivity (Wildman–Crippen MR) is 108 cm³/mol. The van der Waals surface area contributed by atoms with Crippen LogP contribution in [0.2, 0.25) is 0 Å². The SMILES string of the molecule is CCCCCCCC1CCC(C(=O)Oc2ccc(C=CC(=O)O)cc2)CC1. The van der Waals surface area contributed by atoms with Gasteiger partial charge >= 0.3 is 11.9 Å². The van der Waals surface area contributed by atoms with Crippen LogP contribution in [0.4, 0.5) is 0 Å². The van der Waals surface area contributed by atoms with Crippen LogP contribution in [0.5, 0.6) is 5.75 Å². The highest BCUT2D eigenvalue weighted by molar-refractivity contribution is 5.85. The average molecular weight is 373 g/mol. The van der Waals surface area contributed by atoms with Gasteiger partial charge < -0.3 is 9.84 Å². The van der Waals surface area contributed by atoms with Crippen LogP contribution in [-0.2, 0) is 9.59 Å². The molecule has 1 fully saturated rings. The molecule has 4 nitrogen and oxygen atoms in total. The minimum absolute atomic E-state index is 0.00734. The summed E-state index contributed by atoms with van der Waals surface area (Å²) < 4.78 is 5.52. The van der Waals surface area contributed by atoms with Crippen LogP contribution < -0.4 is 4.74 Å². The first-order valence-corrected chi connectivity index (χ1v) is 10.3. The van der Waals surface area contributed by atoms with Crippen molar-refractivity contribution in [2.24, 2.45) is 11.8 Å². The van der Waals surface area contributed by atoms with E-state index in [1.165, 1.54) is 44.6 Å². The van der Waals surface area contributed by atoms with Gasteiger partial charge in [-0.1, -0.05) is 57.6 Å². The highest BCUT2D eigenvalue weighted by Gasteiger charge is 2.27. The molecule has 0 atom stereocenters. The van der Waals surface area contributed by atoms with E-state index in [1.54, 1.807) is 24.3 Å². The fourth-order valence-corrected chi connectivity index (χ4v) is 3.74. The summed E-state index contributed by atoms with van der Waals surface area (Å²) in [6, 6.07) is 6.91. The zero-order valence-electron chi connectivity index (χ0n) is 16.4. The zero-order valence-corrected chi connectivity index (χ0v) is 16.4. The van der Waals surface area contributed by atoms with Gasteiger partial charge in [-0.05, 0) is 55.4 Å². The van der Waals surface area contributed by atoms with Gasteiger partial charge in [0, 0.05) is 6.08 Å². The Morgan fingerprint density at radius 3 is 2.33 bits per heavy atom. The highest BCUT2D eigenvalue weighted by atomic mass is 16.5. The zero-order chi connectivity index (χ0) is 19.5. The average Bonchev–Trinajstić information content (AvgIpc) is 2.67. The monoisotopic (exact) mass is 372 g/mol. The molecule has 0 amide bonds. The van der Waals surface area contributed by atoms with Crippen molar-refractivity contribution in [3.8, 4) is 5.75 Å². The van der Waals surface area contributed by atoms with Crippen molar-refractivity contribution >= 4 is 18.0 Å². The smallest absolute Gasteiger partial charge is 0.328 e. The number of esters is 1. The van der Waals surface area contributed by atoms with Crippen molar-refractivity contribution in [2.45, 2.75) is 71.1 Å². The van der Waals surface area contributed by atoms with Crippen molar-refractivity contribution in [3.05, 3.63) is 35.9 Å². The number of hydrogen-bond donors (Lipinski definition) is 1. The molecule has 1 aromatic rings. The van der Waals surface area contributed by atoms with Crippen LogP contribution in [0, 0.1) is 11.8 Å². The normalized spacial score (nSPS) is 19.9. The second kappa shape index (κ2) is 11.6. The number of carbonyl (C=O) groups is 2. The number of benzene rings is 1. The van der Waals surface area contributed by atoms with E-state index in [9.17, 15) is 9.59 Å². The lowest BCUT2D eigenvalue weighted by atomic mass is 9.80. The maximum atomic E-state index is 12.4. The Hall–Kier alpha value is -2.10. The molecule has 148 valence electrons. The fraction of sp³-hybridized carbons (Fsp3) is 0.565. The first kappa shape index (κ1) is 21.2. The van der Waals surface area contributed by atoms with Crippen LogP contribution in [0.3, 0.4) is 0 Å². The van der Waals surface area contributed by atoms with Crippen molar-refractivity contribution in [3.63, 3.8) is 0 Å². The Labute approximate surface area is 162 Å². The van der Waals surface area contributed by atoms with E-state index in [4.69, 9.17) is 9.84 Å². The topological polar surface area (TPSA) is 63.6 Å². The van der Waals surface area contributed by atoms with Gasteiger partial charge in [-0.3, -0.25) is 4.79 Å². The predicted octanol–water partition coefficient (Wildman–Crippen LogP) is 5.86. The van der Waals surface area contributed by atoms with Crippen molar-refractivity contribution in [1.82, 2.24) is 0 Å². The number of aliphatic carboxylic acids is 1. The highest BCUT2D eigenvalue weighted by Crippen LogP contribution is 2.33. The van der Waals surface area contributed by atoms with E-state index in [0.29, 0.717) is 5.75 Å². The summed E-state index contributed by atoms with van der Waals surface area (Å²) in [5.74, 6) is 0.182. The third-order valence-electron chi connectivity index (χ3n) is 5.41. The van der Waals surface area contributed by atoms with Crippen LogP contribution in [0.25, 0.3) is 6.08 Å². The van der Waals surface area contributed by atoms with E-state index < -0.39 is 5.97 Å². The van der Waals surface area contributed by atoms with E-state index in [1.807, 2.05) is 0 Å². The van der Waals surface area contributed by atoms with Gasteiger partial charge in [-0.25, -0.2) is 4.79 Å². The first-order chi connectivity index (χ1) is 13.1. The van der Waals surface area contributed by atoms with Gasteiger partial charge in [0.2, 0.25) is 0 Å². The van der Waals surface area contributed by atoms with Crippen LogP contribution >= 0.6 is 0 Å². The molecule has 1 saturated carbocycles. The largest absolute Gasteiger partial charge is 0.478 e. The van der Waals surface area contributed by atoms with Crippen LogP contribution in [0.1, 0.15) is 76.7 Å². The molecule has 4 heteroatoms. The number of carbonyl (C=O) groups excluding carboxylic acids is 1. The van der Waals surface area contributed by atoms with Gasteiger partial charge in [0.1, 0.15) is 5.75 Å². The van der Waals surface area contributed by atoms with Gasteiger partial charge in [0.05, 0.1) is 5.92 Å². The van der Waals surface area contributed by atoms with Gasteiger partial charge in [-0.2, -0.15) is 0 Å². The maximum absolute atomic E-state index is 12.4. The Kier molecular flexibility index (Phi) is 9.09. The molecular weight excluding hydrogens is 340 g/mol. The summed E-state index contributed by atoms with van der Waals surface area (Å²) in [6.07, 6.45) is 14.7. The van der Waals surface area contributed by atoms with E-state index >= 15 is 0 Å². The molecule has 0 aliphatic heterocycles. The molecule has 0 saturated heterocycles. The summed E-state index contributed by atoms with van der Waals surface area (Å²) in [6.45, 7) is 2.24. The number of ether oxygens (including phenoxy) is 1. The lowest BCUT2D eigenvalue weighted by Crippen LogP contribution is -2.25. The molecular formula is C23H32O4. The standard InChI is InChI=1S/C23H32O4/c1-2-3-4-5-6-7-18-8-13-20(14-9-18)23(26)27-21-15-10-19(11-16-21)12-17-22(24)25/h10-12,15-18,20H,2-9,13-14H2,1H3,(H,24,25). The molecule has 27 heavy (non-hydrogen) atoms. The third-order valence-corrected chi connectivity index (χ3v) is 5.41. The molecule has 2 rings (SSSR count). The van der Waals surface area contributed by atoms with Crippen LogP contribution in [0.15, 0.2) is 30.3 Å². The summed E-state index contributed by atoms with van der Waals surface area (Å²) in [4.78, 5) is 22.9. The Balaban J connectivity index is 1.70. The second-order valence-corrected chi connectivity index (χ2v) is 7.58. The van der Waals surface area contributed by atoms with Gasteiger partial charge in [0.15, 0.2) is 0 Å². The quantitative estimate of drug-likeness (QED) is 0.242. The summed E-state index contributed by atoms with van der Waals surface area (Å²) in [5, 5.41) is 8.64. The van der Waals surface area contributed by atoms with E-state index in [0.717, 1.165) is 43.2 Å².